The molecule has 4 aliphatic rings. The first-order valence-electron chi connectivity index (χ1n) is 19.1. The number of benzene rings is 4. The van der Waals surface area contributed by atoms with Crippen molar-refractivity contribution in [2.75, 3.05) is 24.6 Å². The van der Waals surface area contributed by atoms with Crippen molar-refractivity contribution in [1.29, 1.82) is 0 Å². The van der Waals surface area contributed by atoms with Gasteiger partial charge in [-0.1, -0.05) is 88.9 Å². The Morgan fingerprint density at radius 2 is 1.59 bits per heavy atom. The standard InChI is InChI=1S/C44H33Cl3F3N5O6/c1-53(38-31(46)15-18-35(51-38)44(48,49)50)55-39(57)28-13-12-27-29(36(28)41(55)59)20-30-40(58)54(52-33-16-9-22(45)19-32(33)47)42(60)43(30,21-7-10-23(61-2)11-8-21)37(27)26-14-17-34(56)25-6-4-3-5-24(25)26/h3-12,14-19,28-30,36-37,52,56H,13,20H2,1-2H3. The molecule has 5 aromatic rings. The number of amides is 4. The summed E-state index contributed by atoms with van der Waals surface area (Å²) in [5.74, 6) is -7.71. The number of hydrogen-bond donors (Lipinski definition) is 2. The minimum absolute atomic E-state index is 0.0222. The summed E-state index contributed by atoms with van der Waals surface area (Å²) in [5, 5.41) is 15.0. The monoisotopic (exact) mass is 889 g/mol. The van der Waals surface area contributed by atoms with E-state index in [1.54, 1.807) is 60.7 Å². The number of nitrogens with zero attached hydrogens (tertiary/aromatic N) is 4. The molecule has 17 heteroatoms. The van der Waals surface area contributed by atoms with Crippen molar-refractivity contribution in [2.45, 2.75) is 30.4 Å². The third-order valence-electron chi connectivity index (χ3n) is 12.5. The number of carbonyl (C=O) groups excluding carboxylic acids is 4. The average Bonchev–Trinajstić information content (AvgIpc) is 3.62. The number of anilines is 2. The van der Waals surface area contributed by atoms with Crippen LogP contribution < -0.4 is 15.2 Å². The van der Waals surface area contributed by atoms with E-state index in [2.05, 4.69) is 10.4 Å². The second kappa shape index (κ2) is 14.7. The first-order chi connectivity index (χ1) is 29.1. The minimum atomic E-state index is -4.84. The van der Waals surface area contributed by atoms with Gasteiger partial charge in [-0.3, -0.25) is 29.6 Å². The van der Waals surface area contributed by atoms with Crippen LogP contribution in [0.3, 0.4) is 0 Å². The van der Waals surface area contributed by atoms with Gasteiger partial charge in [-0.25, -0.2) is 4.98 Å². The lowest BCUT2D eigenvalue weighted by atomic mass is 9.49. The number of imide groups is 2. The van der Waals surface area contributed by atoms with E-state index in [9.17, 15) is 27.9 Å². The lowest BCUT2D eigenvalue weighted by Gasteiger charge is -2.51. The predicted molar refractivity (Wildman–Crippen MR) is 221 cm³/mol. The number of allylic oxidation sites excluding steroid dienone is 2. The van der Waals surface area contributed by atoms with Gasteiger partial charge in [0.2, 0.25) is 0 Å². The summed E-state index contributed by atoms with van der Waals surface area (Å²) in [5.41, 5.74) is 1.86. The molecule has 61 heavy (non-hydrogen) atoms. The van der Waals surface area contributed by atoms with Gasteiger partial charge in [-0.15, -0.1) is 0 Å². The number of ether oxygens (including phenoxy) is 1. The van der Waals surface area contributed by atoms with Crippen LogP contribution in [-0.4, -0.2) is 57.9 Å². The van der Waals surface area contributed by atoms with E-state index in [1.807, 2.05) is 6.08 Å². The summed E-state index contributed by atoms with van der Waals surface area (Å²) in [7, 11) is 2.74. The smallest absolute Gasteiger partial charge is 0.433 e. The molecular weight excluding hydrogens is 858 g/mol. The highest BCUT2D eigenvalue weighted by Crippen LogP contribution is 2.65. The second-order valence-corrected chi connectivity index (χ2v) is 16.7. The Bertz CT molecular complexity index is 2730. The molecule has 9 rings (SSSR count). The van der Waals surface area contributed by atoms with Gasteiger partial charge in [0.1, 0.15) is 17.2 Å². The zero-order valence-electron chi connectivity index (χ0n) is 32.1. The van der Waals surface area contributed by atoms with Crippen LogP contribution >= 0.6 is 34.8 Å². The van der Waals surface area contributed by atoms with Crippen LogP contribution in [0.1, 0.15) is 35.6 Å². The number of phenolic OH excluding ortho intramolecular Hbond substituents is 1. The van der Waals surface area contributed by atoms with Gasteiger partial charge in [-0.2, -0.15) is 23.2 Å². The third-order valence-corrected chi connectivity index (χ3v) is 13.4. The number of carbonyl (C=O) groups is 4. The molecule has 6 unspecified atom stereocenters. The number of nitrogens with one attached hydrogen (secondary N) is 1. The molecule has 3 heterocycles. The first-order valence-corrected chi connectivity index (χ1v) is 20.2. The maximum Gasteiger partial charge on any atom is 0.433 e. The number of phenols is 1. The molecule has 0 radical (unpaired) electrons. The molecule has 0 bridgehead atoms. The summed E-state index contributed by atoms with van der Waals surface area (Å²) in [6, 6.07) is 23.4. The Morgan fingerprint density at radius 1 is 0.869 bits per heavy atom. The van der Waals surface area contributed by atoms with E-state index in [1.165, 1.54) is 32.4 Å². The van der Waals surface area contributed by atoms with E-state index in [0.29, 0.717) is 44.3 Å². The maximum absolute atomic E-state index is 15.7. The normalized spacial score (nSPS) is 24.7. The molecule has 2 aliphatic heterocycles. The fraction of sp³-hybridized carbons (Fsp3) is 0.250. The van der Waals surface area contributed by atoms with Crippen molar-refractivity contribution in [3.8, 4) is 11.5 Å². The fourth-order valence-electron chi connectivity index (χ4n) is 9.94. The van der Waals surface area contributed by atoms with Crippen LogP contribution in [0.4, 0.5) is 24.7 Å². The number of halogens is 6. The molecule has 312 valence electrons. The zero-order chi connectivity index (χ0) is 43.3. The molecule has 0 spiro atoms. The average molecular weight is 891 g/mol. The Kier molecular flexibility index (Phi) is 9.76. The van der Waals surface area contributed by atoms with Crippen LogP contribution in [0.2, 0.25) is 15.1 Å². The van der Waals surface area contributed by atoms with Crippen LogP contribution in [-0.2, 0) is 30.8 Å². The second-order valence-electron chi connectivity index (χ2n) is 15.4. The Morgan fingerprint density at radius 3 is 2.28 bits per heavy atom. The lowest BCUT2D eigenvalue weighted by Crippen LogP contribution is -2.53. The molecule has 3 fully saturated rings. The van der Waals surface area contributed by atoms with Gasteiger partial charge in [0, 0.05) is 23.4 Å². The number of methoxy groups -OCH3 is 1. The number of pyridine rings is 1. The minimum Gasteiger partial charge on any atom is -0.507 e. The maximum atomic E-state index is 15.7. The number of rotatable bonds is 7. The predicted octanol–water partition coefficient (Wildman–Crippen LogP) is 8.96. The fourth-order valence-corrected chi connectivity index (χ4v) is 10.6. The highest BCUT2D eigenvalue weighted by atomic mass is 35.5. The summed E-state index contributed by atoms with van der Waals surface area (Å²) in [6.45, 7) is 0. The van der Waals surface area contributed by atoms with Gasteiger partial charge in [-0.05, 0) is 83.8 Å². The van der Waals surface area contributed by atoms with Crippen molar-refractivity contribution in [1.82, 2.24) is 15.0 Å². The largest absolute Gasteiger partial charge is 0.507 e. The van der Waals surface area contributed by atoms with E-state index < -0.39 is 76.3 Å². The molecule has 1 saturated carbocycles. The van der Waals surface area contributed by atoms with Crippen LogP contribution in [0.25, 0.3) is 10.8 Å². The molecular formula is C44H33Cl3F3N5O6. The molecule has 11 nitrogen and oxygen atoms in total. The Balaban J connectivity index is 1.24. The van der Waals surface area contributed by atoms with Gasteiger partial charge in [0.15, 0.2) is 5.82 Å². The molecule has 2 N–H and O–H groups in total. The van der Waals surface area contributed by atoms with Gasteiger partial charge in [0.05, 0.1) is 46.0 Å². The number of aromatic hydroxyl groups is 1. The zero-order valence-corrected chi connectivity index (χ0v) is 34.4. The Hall–Kier alpha value is -5.83. The molecule has 6 atom stereocenters. The van der Waals surface area contributed by atoms with Gasteiger partial charge in [0.25, 0.3) is 23.6 Å². The summed E-state index contributed by atoms with van der Waals surface area (Å²) < 4.78 is 46.9. The highest BCUT2D eigenvalue weighted by Gasteiger charge is 2.70. The molecule has 2 saturated heterocycles. The highest BCUT2D eigenvalue weighted by molar-refractivity contribution is 6.36. The summed E-state index contributed by atoms with van der Waals surface area (Å²) in [4.78, 5) is 63.7. The third kappa shape index (κ3) is 6.12. The number of hydrogen-bond acceptors (Lipinski definition) is 9. The van der Waals surface area contributed by atoms with E-state index >= 15 is 9.59 Å². The lowest BCUT2D eigenvalue weighted by molar-refractivity contribution is -0.142. The van der Waals surface area contributed by atoms with Crippen molar-refractivity contribution in [3.63, 3.8) is 0 Å². The van der Waals surface area contributed by atoms with Crippen molar-refractivity contribution >= 4 is 80.7 Å². The number of alkyl halides is 3. The van der Waals surface area contributed by atoms with Crippen molar-refractivity contribution in [2.24, 2.45) is 23.7 Å². The molecule has 1 aromatic heterocycles. The van der Waals surface area contributed by atoms with Crippen molar-refractivity contribution < 1.29 is 42.2 Å². The van der Waals surface area contributed by atoms with E-state index in [-0.39, 0.29) is 34.3 Å². The topological polar surface area (TPSA) is 132 Å². The summed E-state index contributed by atoms with van der Waals surface area (Å²) in [6.07, 6.45) is -3.06. The quantitative estimate of drug-likeness (QED) is 0.121. The van der Waals surface area contributed by atoms with E-state index in [4.69, 9.17) is 39.5 Å². The molecule has 2 aliphatic carbocycles. The van der Waals surface area contributed by atoms with Crippen LogP contribution in [0.5, 0.6) is 11.5 Å². The summed E-state index contributed by atoms with van der Waals surface area (Å²) >= 11 is 19.1. The molecule has 4 amide bonds. The number of fused-ring (bicyclic) bond motifs is 5. The van der Waals surface area contributed by atoms with Crippen LogP contribution in [0, 0.1) is 23.7 Å². The van der Waals surface area contributed by atoms with Gasteiger partial charge >= 0.3 is 6.18 Å². The first kappa shape index (κ1) is 40.6. The molecule has 4 aromatic carbocycles. The number of hydrazine groups is 2. The van der Waals surface area contributed by atoms with Gasteiger partial charge < -0.3 is 9.84 Å². The van der Waals surface area contributed by atoms with E-state index in [0.717, 1.165) is 21.1 Å². The SMILES string of the molecule is COc1ccc(C23C(=O)N(Nc4ccc(Cl)cc4Cl)C(=O)C2CC2C(=CCC4C(=O)N(N(C)c5nc(C(F)(F)F)ccc5Cl)C(=O)C42)C3c2ccc(O)c3ccccc23)cc1. The van der Waals surface area contributed by atoms with Crippen LogP contribution in [0.15, 0.2) is 103 Å². The Labute approximate surface area is 361 Å². The van der Waals surface area contributed by atoms with Crippen molar-refractivity contribution in [3.05, 3.63) is 135 Å². The number of aromatic nitrogens is 1.